The molecule has 0 radical (unpaired) electrons. The molecular weight excluding hydrogens is 162 g/mol. The summed E-state index contributed by atoms with van der Waals surface area (Å²) < 4.78 is 0. The van der Waals surface area contributed by atoms with Crippen LogP contribution in [-0.2, 0) is 4.79 Å². The van der Waals surface area contributed by atoms with E-state index >= 15 is 0 Å². The van der Waals surface area contributed by atoms with Crippen LogP contribution in [0.1, 0.15) is 32.1 Å². The van der Waals surface area contributed by atoms with E-state index in [0.717, 1.165) is 38.8 Å². The summed E-state index contributed by atoms with van der Waals surface area (Å²) in [7, 11) is 0. The molecule has 0 spiro atoms. The van der Waals surface area contributed by atoms with Gasteiger partial charge in [-0.3, -0.25) is 4.79 Å². The minimum atomic E-state index is 0.333. The Morgan fingerprint density at radius 1 is 1.38 bits per heavy atom. The second-order valence-electron chi connectivity index (χ2n) is 3.71. The average molecular weight is 181 g/mol. The first-order chi connectivity index (χ1) is 6.34. The molecule has 0 amide bonds. The van der Waals surface area contributed by atoms with Crippen molar-refractivity contribution in [3.05, 3.63) is 12.7 Å². The van der Waals surface area contributed by atoms with Crippen LogP contribution in [0.4, 0.5) is 0 Å². The van der Waals surface area contributed by atoms with Crippen LogP contribution in [0.5, 0.6) is 0 Å². The van der Waals surface area contributed by atoms with Gasteiger partial charge in [0.1, 0.15) is 5.78 Å². The molecule has 1 saturated heterocycles. The topological polar surface area (TPSA) is 29.1 Å². The molecule has 0 aromatic rings. The number of allylic oxidation sites excluding steroid dienone is 1. The molecule has 2 heteroatoms. The van der Waals surface area contributed by atoms with Crippen LogP contribution < -0.4 is 5.32 Å². The summed E-state index contributed by atoms with van der Waals surface area (Å²) in [5.41, 5.74) is 0. The lowest BCUT2D eigenvalue weighted by Gasteiger charge is -2.25. The number of ketones is 1. The minimum absolute atomic E-state index is 0.333. The molecule has 74 valence electrons. The molecule has 1 aliphatic rings. The van der Waals surface area contributed by atoms with Gasteiger partial charge in [0.2, 0.25) is 0 Å². The van der Waals surface area contributed by atoms with Gasteiger partial charge in [-0.1, -0.05) is 12.5 Å². The molecule has 0 unspecified atom stereocenters. The zero-order valence-corrected chi connectivity index (χ0v) is 8.22. The maximum Gasteiger partial charge on any atom is 0.138 e. The van der Waals surface area contributed by atoms with Crippen LogP contribution in [0.3, 0.4) is 0 Å². The van der Waals surface area contributed by atoms with E-state index in [0.29, 0.717) is 11.7 Å². The molecule has 1 fully saturated rings. The van der Waals surface area contributed by atoms with E-state index < -0.39 is 0 Å². The van der Waals surface area contributed by atoms with Gasteiger partial charge in [0.15, 0.2) is 0 Å². The highest BCUT2D eigenvalue weighted by atomic mass is 16.1. The largest absolute Gasteiger partial charge is 0.315 e. The van der Waals surface area contributed by atoms with Crippen molar-refractivity contribution in [2.24, 2.45) is 5.92 Å². The Balaban J connectivity index is 1.92. The first-order valence-corrected chi connectivity index (χ1v) is 5.19. The fourth-order valence-corrected chi connectivity index (χ4v) is 1.49. The van der Waals surface area contributed by atoms with Crippen LogP contribution in [-0.4, -0.2) is 18.9 Å². The van der Waals surface area contributed by atoms with Gasteiger partial charge in [0.05, 0.1) is 0 Å². The van der Waals surface area contributed by atoms with Crippen molar-refractivity contribution >= 4 is 5.78 Å². The summed E-state index contributed by atoms with van der Waals surface area (Å²) in [6.07, 6.45) is 7.21. The van der Waals surface area contributed by atoms with Gasteiger partial charge >= 0.3 is 0 Å². The lowest BCUT2D eigenvalue weighted by atomic mass is 9.94. The third-order valence-corrected chi connectivity index (χ3v) is 2.57. The van der Waals surface area contributed by atoms with Crippen LogP contribution in [0.25, 0.3) is 0 Å². The van der Waals surface area contributed by atoms with Gasteiger partial charge in [-0.2, -0.15) is 0 Å². The lowest BCUT2D eigenvalue weighted by molar-refractivity contribution is -0.124. The third-order valence-electron chi connectivity index (χ3n) is 2.57. The zero-order chi connectivity index (χ0) is 9.52. The molecule has 0 atom stereocenters. The zero-order valence-electron chi connectivity index (χ0n) is 8.22. The maximum atomic E-state index is 11.4. The molecule has 0 aromatic heterocycles. The first-order valence-electron chi connectivity index (χ1n) is 5.19. The second kappa shape index (κ2) is 5.92. The van der Waals surface area contributed by atoms with Crippen molar-refractivity contribution in [2.75, 3.05) is 13.1 Å². The predicted molar refractivity (Wildman–Crippen MR) is 54.6 cm³/mol. The van der Waals surface area contributed by atoms with Crippen molar-refractivity contribution in [1.29, 1.82) is 0 Å². The smallest absolute Gasteiger partial charge is 0.138 e. The van der Waals surface area contributed by atoms with E-state index in [1.165, 1.54) is 6.42 Å². The Morgan fingerprint density at radius 3 is 2.69 bits per heavy atom. The highest BCUT2D eigenvalue weighted by Crippen LogP contribution is 2.11. The van der Waals surface area contributed by atoms with Gasteiger partial charge in [0.25, 0.3) is 0 Å². The third kappa shape index (κ3) is 3.73. The number of carbonyl (C=O) groups is 1. The van der Waals surface area contributed by atoms with Crippen LogP contribution in [0.2, 0.25) is 0 Å². The number of carbonyl (C=O) groups excluding carboxylic acids is 1. The van der Waals surface area contributed by atoms with Gasteiger partial charge in [0, 0.05) is 25.4 Å². The Kier molecular flexibility index (Phi) is 4.76. The van der Waals surface area contributed by atoms with Gasteiger partial charge in [-0.05, 0) is 19.3 Å². The Labute approximate surface area is 80.4 Å². The van der Waals surface area contributed by atoms with E-state index in [1.54, 1.807) is 0 Å². The number of hydrogen-bond donors (Lipinski definition) is 1. The maximum absolute atomic E-state index is 11.4. The Hall–Kier alpha value is -0.630. The van der Waals surface area contributed by atoms with Crippen LogP contribution in [0, 0.1) is 5.92 Å². The fraction of sp³-hybridized carbons (Fsp3) is 0.727. The molecule has 1 rings (SSSR count). The van der Waals surface area contributed by atoms with Gasteiger partial charge < -0.3 is 5.32 Å². The number of unbranched alkanes of at least 4 members (excludes halogenated alkanes) is 3. The fourth-order valence-electron chi connectivity index (χ4n) is 1.49. The average Bonchev–Trinajstić information content (AvgIpc) is 2.01. The monoisotopic (exact) mass is 181 g/mol. The van der Waals surface area contributed by atoms with E-state index in [-0.39, 0.29) is 0 Å². The molecule has 1 N–H and O–H groups in total. The summed E-state index contributed by atoms with van der Waals surface area (Å²) in [4.78, 5) is 11.4. The molecule has 0 saturated carbocycles. The molecule has 1 heterocycles. The van der Waals surface area contributed by atoms with E-state index in [9.17, 15) is 4.79 Å². The van der Waals surface area contributed by atoms with E-state index in [4.69, 9.17) is 0 Å². The summed E-state index contributed by atoms with van der Waals surface area (Å²) in [5, 5.41) is 3.12. The van der Waals surface area contributed by atoms with Crippen molar-refractivity contribution in [3.8, 4) is 0 Å². The molecular formula is C11H19NO. The molecule has 0 bridgehead atoms. The number of rotatable bonds is 7. The quantitative estimate of drug-likeness (QED) is 0.480. The van der Waals surface area contributed by atoms with Gasteiger partial charge in [-0.25, -0.2) is 0 Å². The van der Waals surface area contributed by atoms with Crippen molar-refractivity contribution in [1.82, 2.24) is 5.32 Å². The molecule has 0 aliphatic carbocycles. The van der Waals surface area contributed by atoms with Crippen molar-refractivity contribution in [2.45, 2.75) is 32.1 Å². The number of Topliss-reactive ketones (excluding diaryl/α,β-unsaturated/α-hetero) is 1. The first kappa shape index (κ1) is 10.5. The molecule has 1 aliphatic heterocycles. The van der Waals surface area contributed by atoms with Crippen molar-refractivity contribution in [3.63, 3.8) is 0 Å². The molecule has 0 aromatic carbocycles. The summed E-state index contributed by atoms with van der Waals surface area (Å²) in [6, 6.07) is 0. The predicted octanol–water partition coefficient (Wildman–Crippen LogP) is 1.91. The van der Waals surface area contributed by atoms with Crippen molar-refractivity contribution < 1.29 is 4.79 Å². The number of nitrogens with one attached hydrogen (secondary N) is 1. The molecule has 2 nitrogen and oxygen atoms in total. The number of hydrogen-bond acceptors (Lipinski definition) is 2. The van der Waals surface area contributed by atoms with Crippen LogP contribution in [0.15, 0.2) is 12.7 Å². The SMILES string of the molecule is C=CCCCCCC(=O)C1CNC1. The Morgan fingerprint density at radius 2 is 2.15 bits per heavy atom. The summed E-state index contributed by atoms with van der Waals surface area (Å²) in [5.74, 6) is 0.789. The highest BCUT2D eigenvalue weighted by Gasteiger charge is 2.23. The van der Waals surface area contributed by atoms with E-state index in [2.05, 4.69) is 11.9 Å². The minimum Gasteiger partial charge on any atom is -0.315 e. The molecule has 13 heavy (non-hydrogen) atoms. The summed E-state index contributed by atoms with van der Waals surface area (Å²) >= 11 is 0. The normalized spacial score (nSPS) is 16.6. The van der Waals surface area contributed by atoms with Crippen LogP contribution >= 0.6 is 0 Å². The highest BCUT2D eigenvalue weighted by molar-refractivity contribution is 5.82. The summed E-state index contributed by atoms with van der Waals surface area (Å²) in [6.45, 7) is 5.49. The van der Waals surface area contributed by atoms with E-state index in [1.807, 2.05) is 6.08 Å². The standard InChI is InChI=1S/C11H19NO/c1-2-3-4-5-6-7-11(13)10-8-12-9-10/h2,10,12H,1,3-9H2. The van der Waals surface area contributed by atoms with Gasteiger partial charge in [-0.15, -0.1) is 6.58 Å². The lowest BCUT2D eigenvalue weighted by Crippen LogP contribution is -2.46. The second-order valence-corrected chi connectivity index (χ2v) is 3.71. The Bertz CT molecular complexity index is 173.